The smallest absolute Gasteiger partial charge is 0.416 e. The van der Waals surface area contributed by atoms with Crippen LogP contribution in [0, 0.1) is 0 Å². The molecule has 0 saturated carbocycles. The van der Waals surface area contributed by atoms with Gasteiger partial charge in [0.2, 0.25) is 0 Å². The Bertz CT molecular complexity index is 1310. The summed E-state index contributed by atoms with van der Waals surface area (Å²) in [6.07, 6.45) is -1.40. The Morgan fingerprint density at radius 3 is 2.23 bits per heavy atom. The summed E-state index contributed by atoms with van der Waals surface area (Å²) in [5.74, 6) is 0.904. The molecule has 0 spiro atoms. The predicted octanol–water partition coefficient (Wildman–Crippen LogP) is 5.87. The van der Waals surface area contributed by atoms with Crippen molar-refractivity contribution in [1.82, 2.24) is 25.9 Å². The van der Waals surface area contributed by atoms with E-state index in [0.717, 1.165) is 42.6 Å². The molecule has 0 fully saturated rings. The maximum atomic E-state index is 12.8. The molecular formula is C28H29F3N6O2. The number of anilines is 1. The minimum absolute atomic E-state index is 0.0400. The fourth-order valence-electron chi connectivity index (χ4n) is 3.91. The molecule has 0 radical (unpaired) electrons. The summed E-state index contributed by atoms with van der Waals surface area (Å²) in [6, 6.07) is 19.6. The quantitative estimate of drug-likeness (QED) is 0.209. The van der Waals surface area contributed by atoms with Gasteiger partial charge in [-0.15, -0.1) is 5.10 Å². The van der Waals surface area contributed by atoms with Gasteiger partial charge in [-0.05, 0) is 76.5 Å². The van der Waals surface area contributed by atoms with Crippen LogP contribution in [0.5, 0.6) is 5.75 Å². The van der Waals surface area contributed by atoms with Crippen LogP contribution in [0.4, 0.5) is 18.9 Å². The first-order valence-electron chi connectivity index (χ1n) is 12.6. The second-order valence-corrected chi connectivity index (χ2v) is 9.00. The van der Waals surface area contributed by atoms with E-state index in [9.17, 15) is 18.0 Å². The number of ether oxygens (including phenoxy) is 1. The average molecular weight is 539 g/mol. The number of H-pyrrole nitrogens is 1. The van der Waals surface area contributed by atoms with Gasteiger partial charge in [0.15, 0.2) is 5.82 Å². The number of aromatic nitrogens is 4. The number of carbonyl (C=O) groups is 1. The maximum Gasteiger partial charge on any atom is 0.416 e. The zero-order valence-corrected chi connectivity index (χ0v) is 21.3. The SMILES string of the molecule is CCCCC(COc1ccc(-c2ccc(C(F)(F)F)cc2)cc1)Nc1ccc(C(=O)NCc2nnn[nH]2)cc1. The lowest BCUT2D eigenvalue weighted by molar-refractivity contribution is -0.137. The molecule has 3 aromatic carbocycles. The first-order valence-corrected chi connectivity index (χ1v) is 12.6. The lowest BCUT2D eigenvalue weighted by atomic mass is 10.0. The first-order chi connectivity index (χ1) is 18.8. The Morgan fingerprint density at radius 1 is 0.974 bits per heavy atom. The second kappa shape index (κ2) is 12.9. The summed E-state index contributed by atoms with van der Waals surface area (Å²) in [7, 11) is 0. The molecule has 1 unspecified atom stereocenters. The number of amides is 1. The number of hydrogen-bond donors (Lipinski definition) is 3. The van der Waals surface area contributed by atoms with Gasteiger partial charge in [-0.3, -0.25) is 4.79 Å². The fourth-order valence-corrected chi connectivity index (χ4v) is 3.91. The number of unbranched alkanes of at least 4 members (excludes halogenated alkanes) is 1. The van der Waals surface area contributed by atoms with E-state index in [1.165, 1.54) is 12.1 Å². The van der Waals surface area contributed by atoms with Crippen LogP contribution < -0.4 is 15.4 Å². The van der Waals surface area contributed by atoms with Gasteiger partial charge >= 0.3 is 6.18 Å². The monoisotopic (exact) mass is 538 g/mol. The highest BCUT2D eigenvalue weighted by atomic mass is 19.4. The zero-order chi connectivity index (χ0) is 27.7. The van der Waals surface area contributed by atoms with Crippen molar-refractivity contribution in [2.75, 3.05) is 11.9 Å². The number of benzene rings is 3. The molecule has 4 aromatic rings. The summed E-state index contributed by atoms with van der Waals surface area (Å²) in [6.45, 7) is 2.75. The van der Waals surface area contributed by atoms with Crippen LogP contribution in [0.1, 0.15) is 47.9 Å². The highest BCUT2D eigenvalue weighted by Crippen LogP contribution is 2.31. The number of carbonyl (C=O) groups excluding carboxylic acids is 1. The predicted molar refractivity (Wildman–Crippen MR) is 141 cm³/mol. The molecule has 3 N–H and O–H groups in total. The van der Waals surface area contributed by atoms with Gasteiger partial charge in [0.25, 0.3) is 5.91 Å². The lowest BCUT2D eigenvalue weighted by Gasteiger charge is -2.21. The molecule has 1 aromatic heterocycles. The molecule has 0 saturated heterocycles. The van der Waals surface area contributed by atoms with Gasteiger partial charge in [0.1, 0.15) is 12.4 Å². The van der Waals surface area contributed by atoms with E-state index in [2.05, 4.69) is 38.2 Å². The molecule has 0 bridgehead atoms. The van der Waals surface area contributed by atoms with E-state index in [0.29, 0.717) is 29.3 Å². The highest BCUT2D eigenvalue weighted by molar-refractivity contribution is 5.94. The van der Waals surface area contributed by atoms with Gasteiger partial charge < -0.3 is 15.4 Å². The highest BCUT2D eigenvalue weighted by Gasteiger charge is 2.29. The van der Waals surface area contributed by atoms with Crippen LogP contribution in [-0.2, 0) is 12.7 Å². The third-order valence-corrected chi connectivity index (χ3v) is 6.08. The Kier molecular flexibility index (Phi) is 9.14. The van der Waals surface area contributed by atoms with E-state index >= 15 is 0 Å². The molecule has 1 atom stereocenters. The summed E-state index contributed by atoms with van der Waals surface area (Å²) >= 11 is 0. The Morgan fingerprint density at radius 2 is 1.64 bits per heavy atom. The maximum absolute atomic E-state index is 12.8. The number of tetrazole rings is 1. The molecular weight excluding hydrogens is 509 g/mol. The molecule has 1 amide bonds. The molecule has 11 heteroatoms. The van der Waals surface area contributed by atoms with Crippen molar-refractivity contribution in [2.24, 2.45) is 0 Å². The Labute approximate surface area is 224 Å². The fraction of sp³-hybridized carbons (Fsp3) is 0.286. The third kappa shape index (κ3) is 8.03. The van der Waals surface area contributed by atoms with Gasteiger partial charge in [0.05, 0.1) is 18.2 Å². The van der Waals surface area contributed by atoms with Crippen molar-refractivity contribution in [2.45, 2.75) is 44.9 Å². The van der Waals surface area contributed by atoms with Crippen LogP contribution >= 0.6 is 0 Å². The van der Waals surface area contributed by atoms with E-state index in [-0.39, 0.29) is 18.5 Å². The molecule has 1 heterocycles. The van der Waals surface area contributed by atoms with Crippen molar-refractivity contribution in [3.05, 3.63) is 89.7 Å². The summed E-state index contributed by atoms with van der Waals surface area (Å²) in [5, 5.41) is 19.5. The largest absolute Gasteiger partial charge is 0.491 e. The standard InChI is InChI=1S/C28H29F3N6O2/c1-2-3-4-24(33-23-13-7-21(8-14-23)27(38)32-17-26-34-36-37-35-26)18-39-25-15-9-20(10-16-25)19-5-11-22(12-6-19)28(29,30)31/h5-16,24,33H,2-4,17-18H2,1H3,(H,32,38)(H,34,35,36,37). The van der Waals surface area contributed by atoms with Gasteiger partial charge in [-0.1, -0.05) is 44.0 Å². The number of aromatic amines is 1. The van der Waals surface area contributed by atoms with Crippen LogP contribution in [0.3, 0.4) is 0 Å². The van der Waals surface area contributed by atoms with Crippen LogP contribution in [-0.4, -0.2) is 39.2 Å². The molecule has 8 nitrogen and oxygen atoms in total. The number of nitrogens with zero attached hydrogens (tertiary/aromatic N) is 3. The summed E-state index contributed by atoms with van der Waals surface area (Å²) in [5.41, 5.74) is 2.22. The van der Waals surface area contributed by atoms with E-state index in [1.807, 2.05) is 36.4 Å². The minimum atomic E-state index is -4.36. The minimum Gasteiger partial charge on any atom is -0.491 e. The third-order valence-electron chi connectivity index (χ3n) is 6.08. The molecule has 0 aliphatic rings. The van der Waals surface area contributed by atoms with Crippen molar-refractivity contribution in [1.29, 1.82) is 0 Å². The van der Waals surface area contributed by atoms with Crippen molar-refractivity contribution >= 4 is 11.6 Å². The van der Waals surface area contributed by atoms with E-state index < -0.39 is 11.7 Å². The number of rotatable bonds is 12. The first kappa shape index (κ1) is 27.6. The number of hydrogen-bond acceptors (Lipinski definition) is 6. The normalized spacial score (nSPS) is 12.1. The van der Waals surface area contributed by atoms with Crippen LogP contribution in [0.15, 0.2) is 72.8 Å². The van der Waals surface area contributed by atoms with Gasteiger partial charge in [0, 0.05) is 11.3 Å². The van der Waals surface area contributed by atoms with Crippen LogP contribution in [0.2, 0.25) is 0 Å². The summed E-state index contributed by atoms with van der Waals surface area (Å²) in [4.78, 5) is 12.4. The average Bonchev–Trinajstić information content (AvgIpc) is 3.47. The van der Waals surface area contributed by atoms with Gasteiger partial charge in [-0.2, -0.15) is 13.2 Å². The van der Waals surface area contributed by atoms with Crippen LogP contribution in [0.25, 0.3) is 11.1 Å². The topological polar surface area (TPSA) is 105 Å². The van der Waals surface area contributed by atoms with E-state index in [4.69, 9.17) is 4.74 Å². The Hall–Kier alpha value is -4.41. The number of halogens is 3. The van der Waals surface area contributed by atoms with Crippen molar-refractivity contribution in [3.63, 3.8) is 0 Å². The van der Waals surface area contributed by atoms with E-state index in [1.54, 1.807) is 12.1 Å². The number of nitrogens with one attached hydrogen (secondary N) is 3. The molecule has 4 rings (SSSR count). The van der Waals surface area contributed by atoms with Crippen molar-refractivity contribution < 1.29 is 22.7 Å². The molecule has 0 aliphatic heterocycles. The second-order valence-electron chi connectivity index (χ2n) is 9.00. The molecule has 0 aliphatic carbocycles. The molecule has 39 heavy (non-hydrogen) atoms. The number of alkyl halides is 3. The van der Waals surface area contributed by atoms with Crippen molar-refractivity contribution in [3.8, 4) is 16.9 Å². The zero-order valence-electron chi connectivity index (χ0n) is 21.3. The summed E-state index contributed by atoms with van der Waals surface area (Å²) < 4.78 is 44.5. The molecule has 204 valence electrons. The Balaban J connectivity index is 1.31. The lowest BCUT2D eigenvalue weighted by Crippen LogP contribution is -2.27. The van der Waals surface area contributed by atoms with Gasteiger partial charge in [-0.25, -0.2) is 5.10 Å².